The molecule has 6 nitrogen and oxygen atoms in total. The van der Waals surface area contributed by atoms with Crippen molar-refractivity contribution in [2.45, 2.75) is 31.8 Å². The van der Waals surface area contributed by atoms with Crippen molar-refractivity contribution in [2.75, 3.05) is 6.54 Å². The number of amides is 2. The third-order valence-electron chi connectivity index (χ3n) is 3.60. The van der Waals surface area contributed by atoms with E-state index in [-0.39, 0.29) is 30.4 Å². The first-order valence-corrected chi connectivity index (χ1v) is 6.49. The summed E-state index contributed by atoms with van der Waals surface area (Å²) >= 11 is 0. The summed E-state index contributed by atoms with van der Waals surface area (Å²) in [4.78, 5) is 23.3. The lowest BCUT2D eigenvalue weighted by molar-refractivity contribution is 0.0911. The Morgan fingerprint density at radius 2 is 2.20 bits per heavy atom. The predicted molar refractivity (Wildman–Crippen MR) is 79.1 cm³/mol. The van der Waals surface area contributed by atoms with E-state index in [1.54, 1.807) is 17.8 Å². The molecule has 1 saturated heterocycles. The summed E-state index contributed by atoms with van der Waals surface area (Å²) < 4.78 is 1.62. The van der Waals surface area contributed by atoms with Gasteiger partial charge in [0.15, 0.2) is 0 Å². The van der Waals surface area contributed by atoms with Gasteiger partial charge in [-0.3, -0.25) is 9.59 Å². The van der Waals surface area contributed by atoms with E-state index in [9.17, 15) is 9.59 Å². The van der Waals surface area contributed by atoms with Gasteiger partial charge in [-0.2, -0.15) is 0 Å². The highest BCUT2D eigenvalue weighted by Gasteiger charge is 2.24. The summed E-state index contributed by atoms with van der Waals surface area (Å²) in [5.74, 6) is -0.696. The molecular weight excluding hydrogens is 280 g/mol. The van der Waals surface area contributed by atoms with Crippen LogP contribution in [0.3, 0.4) is 0 Å². The summed E-state index contributed by atoms with van der Waals surface area (Å²) in [6.45, 7) is 3.05. The number of nitrogens with zero attached hydrogens (tertiary/aromatic N) is 1. The van der Waals surface area contributed by atoms with Crippen molar-refractivity contribution in [2.24, 2.45) is 12.8 Å². The normalized spacial score (nSPS) is 21.9. The maximum Gasteiger partial charge on any atom is 0.268 e. The van der Waals surface area contributed by atoms with E-state index in [0.29, 0.717) is 11.3 Å². The lowest BCUT2D eigenvalue weighted by Gasteiger charge is -2.30. The van der Waals surface area contributed by atoms with E-state index >= 15 is 0 Å². The average molecular weight is 301 g/mol. The van der Waals surface area contributed by atoms with Gasteiger partial charge >= 0.3 is 0 Å². The second kappa shape index (κ2) is 6.76. The molecule has 1 aromatic rings. The molecule has 1 aromatic heterocycles. The fourth-order valence-corrected chi connectivity index (χ4v) is 2.41. The second-order valence-corrected chi connectivity index (χ2v) is 5.05. The van der Waals surface area contributed by atoms with Crippen LogP contribution in [-0.2, 0) is 7.05 Å². The van der Waals surface area contributed by atoms with Crippen molar-refractivity contribution in [1.82, 2.24) is 15.2 Å². The van der Waals surface area contributed by atoms with Crippen LogP contribution in [0.15, 0.2) is 12.3 Å². The third kappa shape index (κ3) is 3.52. The Labute approximate surface area is 124 Å². The molecule has 20 heavy (non-hydrogen) atoms. The zero-order valence-corrected chi connectivity index (χ0v) is 12.5. The summed E-state index contributed by atoms with van der Waals surface area (Å²) in [5.41, 5.74) is 6.01. The Kier molecular flexibility index (Phi) is 5.59. The zero-order valence-electron chi connectivity index (χ0n) is 11.7. The SMILES string of the molecule is CC1NCCCC1NC(=O)c1cc(C(N)=O)cn1C.Cl. The Bertz CT molecular complexity index is 501. The number of aromatic nitrogens is 1. The van der Waals surface area contributed by atoms with Gasteiger partial charge in [-0.15, -0.1) is 12.4 Å². The molecule has 0 saturated carbocycles. The molecule has 2 unspecified atom stereocenters. The Hall–Kier alpha value is -1.53. The highest BCUT2D eigenvalue weighted by Crippen LogP contribution is 2.11. The van der Waals surface area contributed by atoms with Gasteiger partial charge in [0.25, 0.3) is 5.91 Å². The van der Waals surface area contributed by atoms with Crippen molar-refractivity contribution < 1.29 is 9.59 Å². The average Bonchev–Trinajstić information content (AvgIpc) is 2.74. The number of aryl methyl sites for hydroxylation is 1. The van der Waals surface area contributed by atoms with Crippen molar-refractivity contribution in [1.29, 1.82) is 0 Å². The van der Waals surface area contributed by atoms with Crippen LogP contribution in [0, 0.1) is 0 Å². The number of piperidine rings is 1. The highest BCUT2D eigenvalue weighted by atomic mass is 35.5. The second-order valence-electron chi connectivity index (χ2n) is 5.05. The first-order valence-electron chi connectivity index (χ1n) is 6.49. The van der Waals surface area contributed by atoms with Crippen molar-refractivity contribution in [3.63, 3.8) is 0 Å². The summed E-state index contributed by atoms with van der Waals surface area (Å²) in [6, 6.07) is 1.90. The molecule has 2 heterocycles. The number of rotatable bonds is 3. The predicted octanol–water partition coefficient (Wildman–Crippen LogP) is 0.416. The van der Waals surface area contributed by atoms with Crippen molar-refractivity contribution in [3.8, 4) is 0 Å². The molecule has 2 atom stereocenters. The van der Waals surface area contributed by atoms with E-state index in [0.717, 1.165) is 19.4 Å². The van der Waals surface area contributed by atoms with Crippen LogP contribution in [0.2, 0.25) is 0 Å². The standard InChI is InChI=1S/C13H20N4O2.ClH/c1-8-10(4-3-5-15-8)16-13(19)11-6-9(12(14)18)7-17(11)2;/h6-8,10,15H,3-5H2,1-2H3,(H2,14,18)(H,16,19);1H. The Balaban J connectivity index is 0.00000200. The monoisotopic (exact) mass is 300 g/mol. The van der Waals surface area contributed by atoms with E-state index in [2.05, 4.69) is 17.6 Å². The van der Waals surface area contributed by atoms with E-state index < -0.39 is 5.91 Å². The van der Waals surface area contributed by atoms with Gasteiger partial charge in [-0.05, 0) is 32.4 Å². The van der Waals surface area contributed by atoms with Crippen LogP contribution in [-0.4, -0.2) is 35.0 Å². The van der Waals surface area contributed by atoms with Crippen molar-refractivity contribution >= 4 is 24.2 Å². The quantitative estimate of drug-likeness (QED) is 0.755. The Morgan fingerprint density at radius 3 is 2.75 bits per heavy atom. The van der Waals surface area contributed by atoms with Gasteiger partial charge in [0.1, 0.15) is 5.69 Å². The number of carbonyl (C=O) groups is 2. The van der Waals surface area contributed by atoms with Crippen LogP contribution in [0.25, 0.3) is 0 Å². The van der Waals surface area contributed by atoms with Gasteiger partial charge < -0.3 is 20.9 Å². The molecule has 0 radical (unpaired) electrons. The number of nitrogens with one attached hydrogen (secondary N) is 2. The molecule has 0 spiro atoms. The van der Waals surface area contributed by atoms with Gasteiger partial charge in [0.05, 0.1) is 5.56 Å². The fourth-order valence-electron chi connectivity index (χ4n) is 2.41. The molecular formula is C13H21ClN4O2. The fraction of sp³-hybridized carbons (Fsp3) is 0.538. The lowest BCUT2D eigenvalue weighted by Crippen LogP contribution is -2.52. The van der Waals surface area contributed by atoms with Gasteiger partial charge in [-0.1, -0.05) is 0 Å². The van der Waals surface area contributed by atoms with Crippen LogP contribution in [0.4, 0.5) is 0 Å². The minimum absolute atomic E-state index is 0. The maximum absolute atomic E-state index is 12.2. The number of hydrogen-bond acceptors (Lipinski definition) is 3. The Morgan fingerprint density at radius 1 is 1.50 bits per heavy atom. The highest BCUT2D eigenvalue weighted by molar-refractivity contribution is 5.98. The van der Waals surface area contributed by atoms with Crippen LogP contribution < -0.4 is 16.4 Å². The van der Waals surface area contributed by atoms with Crippen molar-refractivity contribution in [3.05, 3.63) is 23.5 Å². The van der Waals surface area contributed by atoms with Gasteiger partial charge in [0.2, 0.25) is 5.91 Å². The first-order chi connectivity index (χ1) is 8.99. The number of carbonyl (C=O) groups excluding carboxylic acids is 2. The minimum Gasteiger partial charge on any atom is -0.366 e. The first kappa shape index (κ1) is 16.5. The minimum atomic E-state index is -0.526. The molecule has 1 aliphatic rings. The molecule has 4 N–H and O–H groups in total. The molecule has 2 rings (SSSR count). The lowest BCUT2D eigenvalue weighted by atomic mass is 10.00. The number of hydrogen-bond donors (Lipinski definition) is 3. The van der Waals surface area contributed by atoms with Gasteiger partial charge in [-0.25, -0.2) is 0 Å². The number of primary amides is 1. The maximum atomic E-state index is 12.2. The molecule has 1 aliphatic heterocycles. The van der Waals surface area contributed by atoms with Crippen LogP contribution in [0.1, 0.15) is 40.6 Å². The molecule has 0 bridgehead atoms. The van der Waals surface area contributed by atoms with Crippen LogP contribution >= 0.6 is 12.4 Å². The zero-order chi connectivity index (χ0) is 14.0. The smallest absolute Gasteiger partial charge is 0.268 e. The topological polar surface area (TPSA) is 89.2 Å². The molecule has 0 aliphatic carbocycles. The molecule has 7 heteroatoms. The number of nitrogens with two attached hydrogens (primary N) is 1. The van der Waals surface area contributed by atoms with E-state index in [1.165, 1.54) is 6.07 Å². The van der Waals surface area contributed by atoms with Crippen LogP contribution in [0.5, 0.6) is 0 Å². The van der Waals surface area contributed by atoms with E-state index in [4.69, 9.17) is 5.73 Å². The van der Waals surface area contributed by atoms with E-state index in [1.807, 2.05) is 0 Å². The largest absolute Gasteiger partial charge is 0.366 e. The summed E-state index contributed by atoms with van der Waals surface area (Å²) in [7, 11) is 1.73. The summed E-state index contributed by atoms with van der Waals surface area (Å²) in [5, 5.41) is 6.33. The molecule has 112 valence electrons. The third-order valence-corrected chi connectivity index (χ3v) is 3.60. The number of halogens is 1. The summed E-state index contributed by atoms with van der Waals surface area (Å²) in [6.07, 6.45) is 3.59. The molecule has 2 amide bonds. The van der Waals surface area contributed by atoms with Gasteiger partial charge in [0, 0.05) is 25.3 Å². The molecule has 1 fully saturated rings. The molecule has 0 aromatic carbocycles.